The van der Waals surface area contributed by atoms with Crippen LogP contribution >= 0.6 is 0 Å². The number of carboxylic acid groups (broad SMARTS) is 1. The van der Waals surface area contributed by atoms with Gasteiger partial charge < -0.3 is 15.4 Å². The van der Waals surface area contributed by atoms with Crippen LogP contribution in [0.25, 0.3) is 0 Å². The summed E-state index contributed by atoms with van der Waals surface area (Å²) in [6.07, 6.45) is 2.85. The van der Waals surface area contributed by atoms with Gasteiger partial charge in [0.05, 0.1) is 0 Å². The van der Waals surface area contributed by atoms with Gasteiger partial charge in [-0.05, 0) is 24.1 Å². The van der Waals surface area contributed by atoms with Crippen molar-refractivity contribution in [3.8, 4) is 0 Å². The van der Waals surface area contributed by atoms with Gasteiger partial charge in [-0.3, -0.25) is 4.79 Å². The van der Waals surface area contributed by atoms with E-state index >= 15 is 0 Å². The first-order chi connectivity index (χ1) is 12.2. The van der Waals surface area contributed by atoms with Crippen molar-refractivity contribution in [2.75, 3.05) is 5.32 Å². The smallest absolute Gasteiger partial charge is 0.296 e. The van der Waals surface area contributed by atoms with Crippen LogP contribution in [0.15, 0.2) is 66.9 Å². The van der Waals surface area contributed by atoms with Crippen molar-refractivity contribution in [1.82, 2.24) is 4.98 Å². The van der Waals surface area contributed by atoms with Gasteiger partial charge in [0.25, 0.3) is 5.97 Å². The van der Waals surface area contributed by atoms with E-state index in [9.17, 15) is 4.79 Å². The Balaban J connectivity index is 0.000000270. The second-order valence-corrected chi connectivity index (χ2v) is 5.30. The molecule has 0 spiro atoms. The minimum atomic E-state index is -0.806. The molecular formula is C21H20N2O2Y-2. The quantitative estimate of drug-likeness (QED) is 0.604. The number of carboxylic acids is 1. The number of hydrogen-bond donors (Lipinski definition) is 2. The number of nitrogens with zero attached hydrogens (tertiary/aromatic N) is 1. The summed E-state index contributed by atoms with van der Waals surface area (Å²) in [7, 11) is 0. The zero-order chi connectivity index (χ0) is 17.9. The molecule has 1 heterocycles. The number of benzene rings is 2. The van der Waals surface area contributed by atoms with Crippen LogP contribution in [0.5, 0.6) is 0 Å². The van der Waals surface area contributed by atoms with Gasteiger partial charge in [-0.25, -0.2) is 0 Å². The molecule has 2 aromatic carbocycles. The van der Waals surface area contributed by atoms with E-state index in [-0.39, 0.29) is 39.1 Å². The van der Waals surface area contributed by atoms with Gasteiger partial charge in [0.15, 0.2) is 0 Å². The van der Waals surface area contributed by atoms with Crippen molar-refractivity contribution in [2.45, 2.75) is 19.8 Å². The second-order valence-electron chi connectivity index (χ2n) is 5.30. The molecule has 1 aromatic heterocycles. The van der Waals surface area contributed by atoms with Crippen LogP contribution in [0.3, 0.4) is 0 Å². The van der Waals surface area contributed by atoms with E-state index in [1.54, 1.807) is 36.5 Å². The van der Waals surface area contributed by atoms with E-state index < -0.39 is 5.97 Å². The van der Waals surface area contributed by atoms with E-state index in [1.807, 2.05) is 18.2 Å². The van der Waals surface area contributed by atoms with Crippen LogP contribution in [0, 0.1) is 12.1 Å². The van der Waals surface area contributed by atoms with Gasteiger partial charge in [-0.2, -0.15) is 42.5 Å². The normalized spacial score (nSPS) is 9.27. The Hall–Kier alpha value is -2.04. The van der Waals surface area contributed by atoms with Crippen molar-refractivity contribution in [2.24, 2.45) is 0 Å². The maximum absolute atomic E-state index is 10.2. The molecule has 0 unspecified atom stereocenters. The maximum Gasteiger partial charge on any atom is 0.296 e. The summed E-state index contributed by atoms with van der Waals surface area (Å²) >= 11 is 0. The molecule has 0 saturated heterocycles. The van der Waals surface area contributed by atoms with Crippen LogP contribution < -0.4 is 5.32 Å². The van der Waals surface area contributed by atoms with Gasteiger partial charge in [-0.15, -0.1) is 11.6 Å². The zero-order valence-electron chi connectivity index (χ0n) is 14.6. The van der Waals surface area contributed by atoms with E-state index in [1.165, 1.54) is 5.56 Å². The SMILES string of the molecule is CCc1cccc(Nc2c[c-]ccn2)c1.O=C(O)Cc1c[c-]ccc1.[Y]. The molecule has 1 radical (unpaired) electrons. The molecule has 131 valence electrons. The third-order valence-corrected chi connectivity index (χ3v) is 3.34. The number of aryl methyl sites for hydroxylation is 1. The summed E-state index contributed by atoms with van der Waals surface area (Å²) in [4.78, 5) is 14.3. The van der Waals surface area contributed by atoms with Crippen molar-refractivity contribution >= 4 is 17.5 Å². The first-order valence-electron chi connectivity index (χ1n) is 8.02. The molecule has 3 rings (SSSR count). The van der Waals surface area contributed by atoms with Crippen LogP contribution in [0.1, 0.15) is 18.1 Å². The molecule has 2 N–H and O–H groups in total. The van der Waals surface area contributed by atoms with E-state index in [0.717, 1.165) is 23.5 Å². The number of aliphatic carboxylic acids is 1. The number of anilines is 2. The predicted molar refractivity (Wildman–Crippen MR) is 98.8 cm³/mol. The number of aromatic nitrogens is 1. The zero-order valence-corrected chi connectivity index (χ0v) is 17.5. The summed E-state index contributed by atoms with van der Waals surface area (Å²) in [5, 5.41) is 11.6. The number of hydrogen-bond acceptors (Lipinski definition) is 3. The van der Waals surface area contributed by atoms with Crippen molar-refractivity contribution in [1.29, 1.82) is 0 Å². The molecule has 0 atom stereocenters. The summed E-state index contributed by atoms with van der Waals surface area (Å²) < 4.78 is 0. The molecule has 3 aromatic rings. The first kappa shape index (κ1) is 22.0. The molecule has 26 heavy (non-hydrogen) atoms. The Kier molecular flexibility index (Phi) is 10.4. The Morgan fingerprint density at radius 1 is 1.12 bits per heavy atom. The molecule has 0 fully saturated rings. The van der Waals surface area contributed by atoms with Gasteiger partial charge in [0.2, 0.25) is 0 Å². The number of rotatable bonds is 5. The van der Waals surface area contributed by atoms with Gasteiger partial charge in [-0.1, -0.05) is 25.3 Å². The van der Waals surface area contributed by atoms with Crippen LogP contribution in [0.2, 0.25) is 0 Å². The largest absolute Gasteiger partial charge is 0.482 e. The van der Waals surface area contributed by atoms with Crippen molar-refractivity contribution < 1.29 is 42.6 Å². The second kappa shape index (κ2) is 12.3. The van der Waals surface area contributed by atoms with Gasteiger partial charge in [0, 0.05) is 50.6 Å². The van der Waals surface area contributed by atoms with Crippen LogP contribution in [-0.2, 0) is 50.3 Å². The third-order valence-electron chi connectivity index (χ3n) is 3.34. The van der Waals surface area contributed by atoms with Crippen molar-refractivity contribution in [3.63, 3.8) is 0 Å². The molecule has 0 amide bonds. The molecule has 5 heteroatoms. The van der Waals surface area contributed by atoms with E-state index in [2.05, 4.69) is 41.5 Å². The molecule has 0 saturated carbocycles. The summed E-state index contributed by atoms with van der Waals surface area (Å²) in [5.41, 5.74) is 3.18. The van der Waals surface area contributed by atoms with Crippen LogP contribution in [0.4, 0.5) is 11.5 Å². The Morgan fingerprint density at radius 3 is 2.50 bits per heavy atom. The monoisotopic (exact) mass is 421 g/mol. The van der Waals surface area contributed by atoms with Crippen LogP contribution in [-0.4, -0.2) is 16.1 Å². The predicted octanol–water partition coefficient (Wildman–Crippen LogP) is 4.30. The average molecular weight is 421 g/mol. The summed E-state index contributed by atoms with van der Waals surface area (Å²) in [6.45, 7) is 2.15. The number of nitrogens with one attached hydrogen (secondary N) is 1. The third kappa shape index (κ3) is 8.37. The topological polar surface area (TPSA) is 62.2 Å². The van der Waals surface area contributed by atoms with Gasteiger partial charge >= 0.3 is 0 Å². The number of carbonyl (C=O) groups is 1. The minimum absolute atomic E-state index is 0. The molecule has 4 nitrogen and oxygen atoms in total. The fourth-order valence-electron chi connectivity index (χ4n) is 2.13. The minimum Gasteiger partial charge on any atom is -0.482 e. The fourth-order valence-corrected chi connectivity index (χ4v) is 2.13. The Labute approximate surface area is 179 Å². The first-order valence-corrected chi connectivity index (χ1v) is 8.02. The van der Waals surface area contributed by atoms with Gasteiger partial charge in [0.1, 0.15) is 0 Å². The molecular weight excluding hydrogens is 401 g/mol. The maximum atomic E-state index is 10.2. The molecule has 0 aliphatic heterocycles. The summed E-state index contributed by atoms with van der Waals surface area (Å²) in [5.74, 6) is 0.0188. The summed E-state index contributed by atoms with van der Waals surface area (Å²) in [6, 6.07) is 24.7. The van der Waals surface area contributed by atoms with E-state index in [0.29, 0.717) is 0 Å². The molecule has 0 aliphatic rings. The Morgan fingerprint density at radius 2 is 1.88 bits per heavy atom. The standard InChI is InChI=1S/C13H13N2.C8H7O2.Y/c1-2-11-6-5-7-12(10-11)15-13-8-3-4-9-14-13;9-8(10)6-7-4-2-1-3-5-7;/h4-10H,2H2,1H3,(H,14,15);1-2,4-5H,6H2,(H,9,10);/q2*-1;. The van der Waals surface area contributed by atoms with E-state index in [4.69, 9.17) is 5.11 Å². The van der Waals surface area contributed by atoms with Crippen molar-refractivity contribution in [3.05, 3.63) is 90.1 Å². The Bertz CT molecular complexity index is 780. The average Bonchev–Trinajstić information content (AvgIpc) is 2.64. The molecule has 0 aliphatic carbocycles. The number of pyridine rings is 1. The molecule has 0 bridgehead atoms. The fraction of sp³-hybridized carbons (Fsp3) is 0.143.